The van der Waals surface area contributed by atoms with Crippen LogP contribution in [0.2, 0.25) is 0 Å². The van der Waals surface area contributed by atoms with Crippen LogP contribution in [0.3, 0.4) is 0 Å². The molecule has 1 amide bonds. The third-order valence-corrected chi connectivity index (χ3v) is 6.58. The average Bonchev–Trinajstić information content (AvgIpc) is 3.01. The molecule has 4 rings (SSSR count). The summed E-state index contributed by atoms with van der Waals surface area (Å²) in [6, 6.07) is 18.6. The molecule has 0 spiro atoms. The van der Waals surface area contributed by atoms with Gasteiger partial charge in [-0.05, 0) is 30.0 Å². The molecular formula is C26H30N4O3. The number of carbonyl (C=O) groups excluding carboxylic acids is 1. The number of benzene rings is 2. The third kappa shape index (κ3) is 4.83. The van der Waals surface area contributed by atoms with Crippen LogP contribution in [-0.2, 0) is 31.9 Å². The second kappa shape index (κ2) is 9.58. The Morgan fingerprint density at radius 2 is 1.58 bits per heavy atom. The Labute approximate surface area is 193 Å². The highest BCUT2D eigenvalue weighted by molar-refractivity contribution is 5.79. The zero-order valence-corrected chi connectivity index (χ0v) is 19.4. The molecule has 0 saturated carbocycles. The Morgan fingerprint density at radius 3 is 2.27 bits per heavy atom. The van der Waals surface area contributed by atoms with Crippen LogP contribution in [0.1, 0.15) is 16.8 Å². The second-order valence-electron chi connectivity index (χ2n) is 8.76. The van der Waals surface area contributed by atoms with Crippen molar-refractivity contribution in [1.82, 2.24) is 19.4 Å². The van der Waals surface area contributed by atoms with Crippen LogP contribution < -0.4 is 16.6 Å². The highest BCUT2D eigenvalue weighted by Crippen LogP contribution is 2.21. The number of carbonyl (C=O) groups is 1. The van der Waals surface area contributed by atoms with Crippen molar-refractivity contribution in [3.8, 4) is 11.1 Å². The van der Waals surface area contributed by atoms with E-state index in [-0.39, 0.29) is 23.1 Å². The lowest BCUT2D eigenvalue weighted by Gasteiger charge is -2.24. The monoisotopic (exact) mass is 446 g/mol. The zero-order valence-electron chi connectivity index (χ0n) is 19.4. The first-order chi connectivity index (χ1) is 15.8. The van der Waals surface area contributed by atoms with E-state index in [1.807, 2.05) is 18.2 Å². The highest BCUT2D eigenvalue weighted by atomic mass is 16.2. The van der Waals surface area contributed by atoms with Gasteiger partial charge in [-0.2, -0.15) is 0 Å². The number of nitrogens with one attached hydrogen (secondary N) is 1. The van der Waals surface area contributed by atoms with E-state index in [1.54, 1.807) is 14.0 Å². The van der Waals surface area contributed by atoms with Crippen LogP contribution in [0.25, 0.3) is 11.1 Å². The van der Waals surface area contributed by atoms with Gasteiger partial charge in [0.1, 0.15) is 0 Å². The zero-order chi connectivity index (χ0) is 23.5. The molecule has 7 heteroatoms. The van der Waals surface area contributed by atoms with Crippen LogP contribution in [0.4, 0.5) is 0 Å². The predicted molar refractivity (Wildman–Crippen MR) is 129 cm³/mol. The fourth-order valence-corrected chi connectivity index (χ4v) is 4.44. The minimum absolute atomic E-state index is 0.0368. The van der Waals surface area contributed by atoms with Crippen molar-refractivity contribution in [2.24, 2.45) is 20.0 Å². The van der Waals surface area contributed by atoms with Gasteiger partial charge in [0, 0.05) is 46.0 Å². The molecule has 0 radical (unpaired) electrons. The Bertz CT molecular complexity index is 1260. The molecular weight excluding hydrogens is 416 g/mol. The summed E-state index contributed by atoms with van der Waals surface area (Å²) < 4.78 is 2.65. The van der Waals surface area contributed by atoms with E-state index >= 15 is 0 Å². The van der Waals surface area contributed by atoms with Crippen molar-refractivity contribution in [2.45, 2.75) is 19.9 Å². The SMILES string of the molecule is Cc1c(CN2CCNC(=O)C(Cc3ccc(-c4ccccc4)cc3)C2)c(=O)n(C)c(=O)n1C. The first-order valence-electron chi connectivity index (χ1n) is 11.2. The third-order valence-electron chi connectivity index (χ3n) is 6.58. The summed E-state index contributed by atoms with van der Waals surface area (Å²) in [6.07, 6.45) is 0.627. The van der Waals surface area contributed by atoms with Crippen molar-refractivity contribution in [3.05, 3.63) is 92.3 Å². The van der Waals surface area contributed by atoms with Crippen LogP contribution in [-0.4, -0.2) is 39.6 Å². The number of hydrogen-bond acceptors (Lipinski definition) is 4. The molecule has 1 aliphatic rings. The van der Waals surface area contributed by atoms with Gasteiger partial charge in [0.25, 0.3) is 5.56 Å². The van der Waals surface area contributed by atoms with Gasteiger partial charge >= 0.3 is 5.69 Å². The Balaban J connectivity index is 1.52. The topological polar surface area (TPSA) is 76.3 Å². The lowest BCUT2D eigenvalue weighted by Crippen LogP contribution is -2.42. The Morgan fingerprint density at radius 1 is 0.909 bits per heavy atom. The fourth-order valence-electron chi connectivity index (χ4n) is 4.44. The molecule has 7 nitrogen and oxygen atoms in total. The van der Waals surface area contributed by atoms with E-state index < -0.39 is 0 Å². The van der Waals surface area contributed by atoms with Gasteiger partial charge in [0.05, 0.1) is 11.5 Å². The van der Waals surface area contributed by atoms with E-state index in [1.165, 1.54) is 11.6 Å². The summed E-state index contributed by atoms with van der Waals surface area (Å²) in [5, 5.41) is 3.01. The number of aromatic nitrogens is 2. The van der Waals surface area contributed by atoms with Crippen molar-refractivity contribution < 1.29 is 4.79 Å². The lowest BCUT2D eigenvalue weighted by atomic mass is 9.96. The summed E-state index contributed by atoms with van der Waals surface area (Å²) in [4.78, 5) is 39.8. The average molecular weight is 447 g/mol. The van der Waals surface area contributed by atoms with Crippen LogP contribution in [0.5, 0.6) is 0 Å². The number of hydrogen-bond donors (Lipinski definition) is 1. The molecule has 172 valence electrons. The molecule has 2 heterocycles. The molecule has 1 atom stereocenters. The second-order valence-corrected chi connectivity index (χ2v) is 8.76. The number of amides is 1. The summed E-state index contributed by atoms with van der Waals surface area (Å²) >= 11 is 0. The molecule has 1 unspecified atom stereocenters. The quantitative estimate of drug-likeness (QED) is 0.649. The fraction of sp³-hybridized carbons (Fsp3) is 0.346. The van der Waals surface area contributed by atoms with Crippen molar-refractivity contribution in [2.75, 3.05) is 19.6 Å². The van der Waals surface area contributed by atoms with Crippen molar-refractivity contribution in [1.29, 1.82) is 0 Å². The van der Waals surface area contributed by atoms with E-state index in [2.05, 4.69) is 46.6 Å². The van der Waals surface area contributed by atoms with E-state index in [0.29, 0.717) is 43.9 Å². The minimum Gasteiger partial charge on any atom is -0.355 e. The molecule has 3 aromatic rings. The van der Waals surface area contributed by atoms with Gasteiger partial charge in [-0.1, -0.05) is 54.6 Å². The summed E-state index contributed by atoms with van der Waals surface area (Å²) in [6.45, 7) is 3.95. The van der Waals surface area contributed by atoms with Gasteiger partial charge in [-0.25, -0.2) is 4.79 Å². The largest absolute Gasteiger partial charge is 0.355 e. The van der Waals surface area contributed by atoms with Crippen LogP contribution in [0, 0.1) is 12.8 Å². The van der Waals surface area contributed by atoms with Gasteiger partial charge in [-0.15, -0.1) is 0 Å². The predicted octanol–water partition coefficient (Wildman–Crippen LogP) is 1.85. The smallest absolute Gasteiger partial charge is 0.330 e. The van der Waals surface area contributed by atoms with Gasteiger partial charge in [0.2, 0.25) is 5.91 Å². The molecule has 0 aliphatic carbocycles. The maximum atomic E-state index is 12.7. The van der Waals surface area contributed by atoms with E-state index in [4.69, 9.17) is 0 Å². The normalized spacial score (nSPS) is 16.9. The molecule has 0 bridgehead atoms. The molecule has 1 aromatic heterocycles. The lowest BCUT2D eigenvalue weighted by molar-refractivity contribution is -0.124. The highest BCUT2D eigenvalue weighted by Gasteiger charge is 2.26. The maximum Gasteiger partial charge on any atom is 0.330 e. The van der Waals surface area contributed by atoms with Gasteiger partial charge in [0.15, 0.2) is 0 Å². The van der Waals surface area contributed by atoms with Crippen molar-refractivity contribution in [3.63, 3.8) is 0 Å². The molecule has 1 N–H and O–H groups in total. The summed E-state index contributed by atoms with van der Waals surface area (Å²) in [5.41, 5.74) is 4.08. The minimum atomic E-state index is -0.328. The van der Waals surface area contributed by atoms with Crippen LogP contribution in [0.15, 0.2) is 64.2 Å². The Kier molecular flexibility index (Phi) is 6.60. The number of rotatable bonds is 5. The standard InChI is InChI=1S/C26H30N4O3/c1-18-23(25(32)29(3)26(33)28(18)2)17-30-14-13-27-24(31)22(16-30)15-19-9-11-21(12-10-19)20-7-5-4-6-8-20/h4-12,22H,13-17H2,1-3H3,(H,27,31). The number of nitrogens with zero attached hydrogens (tertiary/aromatic N) is 3. The molecule has 2 aromatic carbocycles. The van der Waals surface area contributed by atoms with Gasteiger partial charge < -0.3 is 9.88 Å². The maximum absolute atomic E-state index is 12.7. The van der Waals surface area contributed by atoms with E-state index in [9.17, 15) is 14.4 Å². The van der Waals surface area contributed by atoms with Crippen molar-refractivity contribution >= 4 is 5.91 Å². The first-order valence-corrected chi connectivity index (χ1v) is 11.2. The van der Waals surface area contributed by atoms with E-state index in [0.717, 1.165) is 21.3 Å². The summed E-state index contributed by atoms with van der Waals surface area (Å²) in [7, 11) is 3.18. The van der Waals surface area contributed by atoms with Gasteiger partial charge in [-0.3, -0.25) is 19.1 Å². The molecule has 1 aliphatic heterocycles. The molecule has 1 saturated heterocycles. The van der Waals surface area contributed by atoms with Crippen LogP contribution >= 0.6 is 0 Å². The Hall–Kier alpha value is -3.45. The summed E-state index contributed by atoms with van der Waals surface area (Å²) in [5.74, 6) is -0.179. The molecule has 1 fully saturated rings. The first kappa shape index (κ1) is 22.7. The molecule has 33 heavy (non-hydrogen) atoms.